The van der Waals surface area contributed by atoms with E-state index < -0.39 is 126 Å². The average molecular weight is 861 g/mol. The number of cyclic esters (lactones) is 1. The number of rotatable bonds is 12. The lowest BCUT2D eigenvalue weighted by Crippen LogP contribution is -2.59. The van der Waals surface area contributed by atoms with E-state index in [4.69, 9.17) is 42.6 Å². The third-order valence-electron chi connectivity index (χ3n) is 12.6. The number of Topliss-reactive ketones (excluding diaryl/α,β-unsaturated/α-hetero) is 1. The molecule has 0 spiro atoms. The predicted octanol–water partition coefficient (Wildman–Crippen LogP) is 4.14. The van der Waals surface area contributed by atoms with Gasteiger partial charge in [-0.05, 0) is 65.2 Å². The zero-order chi connectivity index (χ0) is 45.6. The largest absolute Gasteiger partial charge is 0.461 e. The van der Waals surface area contributed by atoms with Crippen LogP contribution in [0.25, 0.3) is 0 Å². The summed E-state index contributed by atoms with van der Waals surface area (Å²) in [6, 6.07) is 0. The van der Waals surface area contributed by atoms with Crippen LogP contribution in [-0.4, -0.2) is 139 Å². The van der Waals surface area contributed by atoms with Crippen molar-refractivity contribution in [3.63, 3.8) is 0 Å². The van der Waals surface area contributed by atoms with Crippen LogP contribution < -0.4 is 0 Å². The normalized spacial score (nSPS) is 43.1. The summed E-state index contributed by atoms with van der Waals surface area (Å²) in [5, 5.41) is 32.4. The quantitative estimate of drug-likeness (QED) is 0.186. The molecule has 0 saturated carbocycles. The monoisotopic (exact) mass is 861 g/mol. The van der Waals surface area contributed by atoms with Gasteiger partial charge in [0.05, 0.1) is 42.4 Å². The number of carbonyl (C=O) groups excluding carboxylic acids is 4. The Morgan fingerprint density at radius 3 is 2.02 bits per heavy atom. The highest BCUT2D eigenvalue weighted by atomic mass is 16.7. The van der Waals surface area contributed by atoms with Crippen molar-refractivity contribution in [3.05, 3.63) is 0 Å². The second-order valence-corrected chi connectivity index (χ2v) is 18.9. The second kappa shape index (κ2) is 21.9. The van der Waals surface area contributed by atoms with E-state index in [0.717, 1.165) is 0 Å². The van der Waals surface area contributed by atoms with Gasteiger partial charge in [0.15, 0.2) is 24.0 Å². The molecule has 0 unspecified atom stereocenters. The molecule has 0 bridgehead atoms. The second-order valence-electron chi connectivity index (χ2n) is 18.9. The Labute approximate surface area is 356 Å². The SMILES string of the molecule is CO[C@@H]1[C@H](O)[C@@H](C)O[C@@H](OC[C@H](C)[C@H]2OC(=O)[C@H](C)[C@@H](O[C@H]3C[C@@](C)(O)[C@@H](O)[C@H](C)O3)[C@H](C)C[C@@H](C)C[C@](C)(OC(C)=O)C(=O)[C@H](C)[C@H](OC(=O)CC(C)C)[C@H]2C)[C@@H]1OC. The van der Waals surface area contributed by atoms with Crippen molar-refractivity contribution in [2.24, 2.45) is 41.4 Å². The van der Waals surface area contributed by atoms with Gasteiger partial charge < -0.3 is 58.0 Å². The van der Waals surface area contributed by atoms with E-state index >= 15 is 0 Å². The van der Waals surface area contributed by atoms with Gasteiger partial charge in [-0.1, -0.05) is 48.5 Å². The molecule has 0 amide bonds. The minimum atomic E-state index is -1.62. The van der Waals surface area contributed by atoms with Gasteiger partial charge in [0.25, 0.3) is 0 Å². The van der Waals surface area contributed by atoms with Gasteiger partial charge in [-0.15, -0.1) is 0 Å². The number of esters is 3. The van der Waals surface area contributed by atoms with E-state index in [1.165, 1.54) is 28.1 Å². The lowest BCUT2D eigenvalue weighted by molar-refractivity contribution is -0.305. The van der Waals surface area contributed by atoms with Crippen LogP contribution in [0.4, 0.5) is 0 Å². The number of aliphatic hydroxyl groups excluding tert-OH is 2. The maximum absolute atomic E-state index is 14.8. The Hall–Kier alpha value is -2.28. The molecule has 3 aliphatic heterocycles. The molecule has 0 aromatic rings. The van der Waals surface area contributed by atoms with Crippen LogP contribution in [0, 0.1) is 41.4 Å². The van der Waals surface area contributed by atoms with E-state index in [1.807, 2.05) is 27.7 Å². The summed E-state index contributed by atoms with van der Waals surface area (Å²) < 4.78 is 54.6. The summed E-state index contributed by atoms with van der Waals surface area (Å²) in [4.78, 5) is 55.5. The lowest BCUT2D eigenvalue weighted by Gasteiger charge is -2.44. The van der Waals surface area contributed by atoms with Gasteiger partial charge >= 0.3 is 17.9 Å². The van der Waals surface area contributed by atoms with Crippen molar-refractivity contribution in [2.75, 3.05) is 20.8 Å². The van der Waals surface area contributed by atoms with Crippen LogP contribution in [0.15, 0.2) is 0 Å². The molecule has 0 aromatic heterocycles. The molecule has 16 nitrogen and oxygen atoms in total. The lowest BCUT2D eigenvalue weighted by atomic mass is 9.75. The summed E-state index contributed by atoms with van der Waals surface area (Å²) in [6.45, 7) is 22.0. The van der Waals surface area contributed by atoms with Crippen molar-refractivity contribution in [1.29, 1.82) is 0 Å². The molecule has 60 heavy (non-hydrogen) atoms. The number of aliphatic hydroxyl groups is 3. The fourth-order valence-electron chi connectivity index (χ4n) is 9.47. The third-order valence-corrected chi connectivity index (χ3v) is 12.6. The zero-order valence-electron chi connectivity index (χ0n) is 38.6. The van der Waals surface area contributed by atoms with Crippen molar-refractivity contribution >= 4 is 23.7 Å². The van der Waals surface area contributed by atoms with Crippen LogP contribution in [0.3, 0.4) is 0 Å². The van der Waals surface area contributed by atoms with Crippen molar-refractivity contribution in [1.82, 2.24) is 0 Å². The zero-order valence-corrected chi connectivity index (χ0v) is 38.6. The number of hydrogen-bond donors (Lipinski definition) is 3. The average Bonchev–Trinajstić information content (AvgIpc) is 3.14. The Balaban J connectivity index is 2.15. The fraction of sp³-hybridized carbons (Fsp3) is 0.909. The molecule has 3 N–H and O–H groups in total. The van der Waals surface area contributed by atoms with E-state index in [0.29, 0.717) is 6.42 Å². The molecular weight excluding hydrogens is 784 g/mol. The molecule has 0 aliphatic carbocycles. The minimum Gasteiger partial charge on any atom is -0.461 e. The number of carbonyl (C=O) groups is 4. The summed E-state index contributed by atoms with van der Waals surface area (Å²) in [6.07, 6.45) is -9.65. The first-order valence-corrected chi connectivity index (χ1v) is 21.6. The fourth-order valence-corrected chi connectivity index (χ4v) is 9.47. The van der Waals surface area contributed by atoms with Crippen molar-refractivity contribution < 1.29 is 77.1 Å². The summed E-state index contributed by atoms with van der Waals surface area (Å²) in [5.41, 5.74) is -3.16. The molecule has 3 heterocycles. The summed E-state index contributed by atoms with van der Waals surface area (Å²) in [5.74, 6) is -6.36. The van der Waals surface area contributed by atoms with Crippen molar-refractivity contribution in [3.8, 4) is 0 Å². The van der Waals surface area contributed by atoms with E-state index in [-0.39, 0.29) is 43.6 Å². The summed E-state index contributed by atoms with van der Waals surface area (Å²) in [7, 11) is 2.90. The molecule has 3 aliphatic rings. The van der Waals surface area contributed by atoms with Crippen LogP contribution >= 0.6 is 0 Å². The Kier molecular flexibility index (Phi) is 19.0. The number of methoxy groups -OCH3 is 2. The molecule has 0 radical (unpaired) electrons. The number of hydrogen-bond acceptors (Lipinski definition) is 16. The minimum absolute atomic E-state index is 0.0608. The Morgan fingerprint density at radius 2 is 1.47 bits per heavy atom. The molecule has 19 atom stereocenters. The molecule has 3 rings (SSSR count). The van der Waals surface area contributed by atoms with Crippen molar-refractivity contribution in [2.45, 2.75) is 194 Å². The van der Waals surface area contributed by atoms with Crippen LogP contribution in [0.5, 0.6) is 0 Å². The highest BCUT2D eigenvalue weighted by Crippen LogP contribution is 2.39. The van der Waals surface area contributed by atoms with Gasteiger partial charge in [0.2, 0.25) is 0 Å². The molecule has 348 valence electrons. The standard InChI is InChI=1S/C44H76O16/c1-21(2)16-31(46)57-36-25(6)35(24(5)20-54-42-38(53-15)37(52-14)33(47)28(9)56-42)59-41(50)27(8)34(58-32-19-43(12,51)40(49)29(10)55-32)23(4)17-22(3)18-44(13,60-30(11)45)39(48)26(36)7/h21-29,32-38,40,42,47,49,51H,16-20H2,1-15H3/t22-,23-,24+,25+,26-,27-,28-,29+,32+,33-,34+,35-,36-,37-,38-,40+,42-,43-,44+/m1/s1. The van der Waals surface area contributed by atoms with Gasteiger partial charge in [-0.25, -0.2) is 0 Å². The first-order valence-electron chi connectivity index (χ1n) is 21.6. The topological polar surface area (TPSA) is 212 Å². The first-order chi connectivity index (χ1) is 27.8. The van der Waals surface area contributed by atoms with Crippen LogP contribution in [0.1, 0.15) is 116 Å². The smallest absolute Gasteiger partial charge is 0.311 e. The maximum Gasteiger partial charge on any atom is 0.311 e. The van der Waals surface area contributed by atoms with Crippen LogP contribution in [0.2, 0.25) is 0 Å². The highest BCUT2D eigenvalue weighted by Gasteiger charge is 2.51. The van der Waals surface area contributed by atoms with Gasteiger partial charge in [0, 0.05) is 45.8 Å². The van der Waals surface area contributed by atoms with E-state index in [9.17, 15) is 34.5 Å². The number of ketones is 1. The van der Waals surface area contributed by atoms with E-state index in [2.05, 4.69) is 0 Å². The Bertz CT molecular complexity index is 1420. The molecule has 3 saturated heterocycles. The van der Waals surface area contributed by atoms with Gasteiger partial charge in [-0.2, -0.15) is 0 Å². The van der Waals surface area contributed by atoms with E-state index in [1.54, 1.807) is 48.5 Å². The van der Waals surface area contributed by atoms with Gasteiger partial charge in [0.1, 0.15) is 36.6 Å². The third kappa shape index (κ3) is 12.9. The summed E-state index contributed by atoms with van der Waals surface area (Å²) >= 11 is 0. The predicted molar refractivity (Wildman–Crippen MR) is 217 cm³/mol. The van der Waals surface area contributed by atoms with Gasteiger partial charge in [-0.3, -0.25) is 19.2 Å². The van der Waals surface area contributed by atoms with Crippen LogP contribution in [-0.2, 0) is 61.8 Å². The molecular formula is C44H76O16. The first kappa shape index (κ1) is 52.1. The number of ether oxygens (including phenoxy) is 9. The molecule has 3 fully saturated rings. The molecule has 0 aromatic carbocycles. The Morgan fingerprint density at radius 1 is 0.850 bits per heavy atom. The maximum atomic E-state index is 14.8. The highest BCUT2D eigenvalue weighted by molar-refractivity contribution is 5.91. The molecule has 16 heteroatoms.